The average Bonchev–Trinajstić information content (AvgIpc) is 2.87. The Hall–Kier alpha value is -0.820. The van der Waals surface area contributed by atoms with Gasteiger partial charge in [0.2, 0.25) is 0 Å². The standard InChI is InChI=1S/C14H19IN2O2/c1-2-17-6-5-10(9-17)8-16-14(19)11-3-4-12(15)13(18)7-11/h3-4,7,10,18H,2,5-6,8-9H2,1H3,(H,16,19). The molecule has 1 aromatic carbocycles. The van der Waals surface area contributed by atoms with E-state index in [-0.39, 0.29) is 11.7 Å². The summed E-state index contributed by atoms with van der Waals surface area (Å²) in [5.74, 6) is 0.592. The summed E-state index contributed by atoms with van der Waals surface area (Å²) in [5, 5.41) is 12.6. The molecular weight excluding hydrogens is 355 g/mol. The third-order valence-electron chi connectivity index (χ3n) is 3.58. The van der Waals surface area contributed by atoms with E-state index < -0.39 is 0 Å². The van der Waals surface area contributed by atoms with Gasteiger partial charge in [0.15, 0.2) is 0 Å². The highest BCUT2D eigenvalue weighted by molar-refractivity contribution is 14.1. The Morgan fingerprint density at radius 3 is 3.00 bits per heavy atom. The van der Waals surface area contributed by atoms with Gasteiger partial charge in [-0.1, -0.05) is 6.92 Å². The maximum absolute atomic E-state index is 12.0. The number of likely N-dealkylation sites (tertiary alicyclic amines) is 1. The van der Waals surface area contributed by atoms with Crippen LogP contribution in [0.15, 0.2) is 18.2 Å². The summed E-state index contributed by atoms with van der Waals surface area (Å²) < 4.78 is 0.753. The van der Waals surface area contributed by atoms with Gasteiger partial charge in [0.1, 0.15) is 5.75 Å². The lowest BCUT2D eigenvalue weighted by atomic mass is 10.1. The number of amides is 1. The molecule has 1 heterocycles. The molecule has 0 radical (unpaired) electrons. The van der Waals surface area contributed by atoms with E-state index in [9.17, 15) is 9.90 Å². The highest BCUT2D eigenvalue weighted by Gasteiger charge is 2.21. The van der Waals surface area contributed by atoms with Crippen LogP contribution in [-0.4, -0.2) is 42.1 Å². The number of benzene rings is 1. The topological polar surface area (TPSA) is 52.6 Å². The number of carbonyl (C=O) groups excluding carboxylic acids is 1. The van der Waals surface area contributed by atoms with Crippen molar-refractivity contribution in [3.63, 3.8) is 0 Å². The number of hydrogen-bond acceptors (Lipinski definition) is 3. The monoisotopic (exact) mass is 374 g/mol. The molecule has 2 N–H and O–H groups in total. The third-order valence-corrected chi connectivity index (χ3v) is 4.49. The van der Waals surface area contributed by atoms with Crippen molar-refractivity contribution in [3.05, 3.63) is 27.3 Å². The predicted molar refractivity (Wildman–Crippen MR) is 83.4 cm³/mol. The summed E-state index contributed by atoms with van der Waals surface area (Å²) >= 11 is 2.04. The number of nitrogens with zero attached hydrogens (tertiary/aromatic N) is 1. The van der Waals surface area contributed by atoms with Crippen LogP contribution in [0.4, 0.5) is 0 Å². The number of halogens is 1. The van der Waals surface area contributed by atoms with E-state index in [1.165, 1.54) is 6.07 Å². The highest BCUT2D eigenvalue weighted by Crippen LogP contribution is 2.20. The first kappa shape index (κ1) is 14.6. The van der Waals surface area contributed by atoms with Gasteiger partial charge in [0.05, 0.1) is 3.57 Å². The molecule has 1 unspecified atom stereocenters. The number of carbonyl (C=O) groups is 1. The fourth-order valence-corrected chi connectivity index (χ4v) is 2.70. The quantitative estimate of drug-likeness (QED) is 0.794. The van der Waals surface area contributed by atoms with E-state index in [0.717, 1.165) is 29.6 Å². The molecule has 1 saturated heterocycles. The number of phenols is 1. The molecule has 4 nitrogen and oxygen atoms in total. The van der Waals surface area contributed by atoms with Crippen LogP contribution in [0.5, 0.6) is 5.75 Å². The summed E-state index contributed by atoms with van der Waals surface area (Å²) in [4.78, 5) is 14.4. The van der Waals surface area contributed by atoms with Gasteiger partial charge in [-0.15, -0.1) is 0 Å². The Kier molecular flexibility index (Phi) is 5.04. The lowest BCUT2D eigenvalue weighted by molar-refractivity contribution is 0.0947. The van der Waals surface area contributed by atoms with Crippen molar-refractivity contribution in [3.8, 4) is 5.75 Å². The molecule has 0 spiro atoms. The van der Waals surface area contributed by atoms with Crippen LogP contribution in [0.1, 0.15) is 23.7 Å². The lowest BCUT2D eigenvalue weighted by Crippen LogP contribution is -2.31. The largest absolute Gasteiger partial charge is 0.507 e. The first-order chi connectivity index (χ1) is 9.10. The SMILES string of the molecule is CCN1CCC(CNC(=O)c2ccc(I)c(O)c2)C1. The molecule has 1 amide bonds. The zero-order valence-corrected chi connectivity index (χ0v) is 13.2. The first-order valence-corrected chi connectivity index (χ1v) is 7.67. The van der Waals surface area contributed by atoms with Crippen molar-refractivity contribution in [2.24, 2.45) is 5.92 Å². The zero-order chi connectivity index (χ0) is 13.8. The minimum absolute atomic E-state index is 0.110. The molecule has 1 atom stereocenters. The Balaban J connectivity index is 1.86. The fraction of sp³-hybridized carbons (Fsp3) is 0.500. The molecule has 0 aliphatic carbocycles. The van der Waals surface area contributed by atoms with Crippen LogP contribution < -0.4 is 5.32 Å². The molecule has 1 aliphatic rings. The van der Waals surface area contributed by atoms with Crippen molar-refractivity contribution in [1.29, 1.82) is 0 Å². The van der Waals surface area contributed by atoms with E-state index in [4.69, 9.17) is 0 Å². The van der Waals surface area contributed by atoms with E-state index in [0.29, 0.717) is 18.0 Å². The number of rotatable bonds is 4. The molecule has 5 heteroatoms. The maximum atomic E-state index is 12.0. The second-order valence-corrected chi connectivity index (χ2v) is 6.09. The summed E-state index contributed by atoms with van der Waals surface area (Å²) in [6.45, 7) is 6.14. The number of nitrogens with one attached hydrogen (secondary N) is 1. The fourth-order valence-electron chi connectivity index (χ4n) is 2.36. The second-order valence-electron chi connectivity index (χ2n) is 4.92. The van der Waals surface area contributed by atoms with Crippen molar-refractivity contribution in [1.82, 2.24) is 10.2 Å². The summed E-state index contributed by atoms with van der Waals surface area (Å²) in [5.41, 5.74) is 0.517. The van der Waals surface area contributed by atoms with Gasteiger partial charge < -0.3 is 15.3 Å². The normalized spacial score (nSPS) is 19.6. The molecule has 0 aromatic heterocycles. The maximum Gasteiger partial charge on any atom is 0.251 e. The van der Waals surface area contributed by atoms with Crippen LogP contribution in [0.25, 0.3) is 0 Å². The predicted octanol–water partition coefficient (Wildman–Crippen LogP) is 2.07. The zero-order valence-electron chi connectivity index (χ0n) is 11.0. The van der Waals surface area contributed by atoms with Gasteiger partial charge >= 0.3 is 0 Å². The lowest BCUT2D eigenvalue weighted by Gasteiger charge is -2.13. The summed E-state index contributed by atoms with van der Waals surface area (Å²) in [7, 11) is 0. The van der Waals surface area contributed by atoms with Crippen molar-refractivity contribution < 1.29 is 9.90 Å². The van der Waals surface area contributed by atoms with Gasteiger partial charge in [0.25, 0.3) is 5.91 Å². The van der Waals surface area contributed by atoms with Crippen molar-refractivity contribution in [2.75, 3.05) is 26.2 Å². The van der Waals surface area contributed by atoms with Crippen molar-refractivity contribution in [2.45, 2.75) is 13.3 Å². The van der Waals surface area contributed by atoms with E-state index in [1.54, 1.807) is 12.1 Å². The highest BCUT2D eigenvalue weighted by atomic mass is 127. The molecule has 1 aliphatic heterocycles. The molecule has 1 fully saturated rings. The minimum Gasteiger partial charge on any atom is -0.507 e. The Morgan fingerprint density at radius 2 is 2.37 bits per heavy atom. The van der Waals surface area contributed by atoms with Gasteiger partial charge in [-0.05, 0) is 66.2 Å². The van der Waals surface area contributed by atoms with Crippen LogP contribution in [0.3, 0.4) is 0 Å². The van der Waals surface area contributed by atoms with Crippen molar-refractivity contribution >= 4 is 28.5 Å². The summed E-state index contributed by atoms with van der Waals surface area (Å²) in [6.07, 6.45) is 1.14. The van der Waals surface area contributed by atoms with Gasteiger partial charge in [0, 0.05) is 18.7 Å². The number of phenolic OH excluding ortho intramolecular Hbond substituents is 1. The molecular formula is C14H19IN2O2. The Bertz CT molecular complexity index is 465. The molecule has 2 rings (SSSR count). The van der Waals surface area contributed by atoms with Gasteiger partial charge in [-0.3, -0.25) is 4.79 Å². The number of hydrogen-bond donors (Lipinski definition) is 2. The smallest absolute Gasteiger partial charge is 0.251 e. The third kappa shape index (κ3) is 3.82. The average molecular weight is 374 g/mol. The van der Waals surface area contributed by atoms with E-state index >= 15 is 0 Å². The Morgan fingerprint density at radius 1 is 1.58 bits per heavy atom. The molecule has 104 valence electrons. The molecule has 1 aromatic rings. The molecule has 0 bridgehead atoms. The summed E-state index contributed by atoms with van der Waals surface area (Å²) in [6, 6.07) is 5.01. The van der Waals surface area contributed by atoms with Crippen LogP contribution in [0, 0.1) is 9.49 Å². The van der Waals surface area contributed by atoms with Gasteiger partial charge in [-0.25, -0.2) is 0 Å². The van der Waals surface area contributed by atoms with Crippen LogP contribution >= 0.6 is 22.6 Å². The Labute approximate surface area is 127 Å². The number of aromatic hydroxyl groups is 1. The molecule has 0 saturated carbocycles. The van der Waals surface area contributed by atoms with Crippen LogP contribution in [0.2, 0.25) is 0 Å². The first-order valence-electron chi connectivity index (χ1n) is 6.59. The molecule has 19 heavy (non-hydrogen) atoms. The van der Waals surface area contributed by atoms with E-state index in [1.807, 2.05) is 22.6 Å². The van der Waals surface area contributed by atoms with E-state index in [2.05, 4.69) is 17.1 Å². The van der Waals surface area contributed by atoms with Gasteiger partial charge in [-0.2, -0.15) is 0 Å². The van der Waals surface area contributed by atoms with Crippen LogP contribution in [-0.2, 0) is 0 Å². The minimum atomic E-state index is -0.110. The second kappa shape index (κ2) is 6.56.